The zero-order chi connectivity index (χ0) is 12.0. The highest BCUT2D eigenvalue weighted by molar-refractivity contribution is 6.21. The molecule has 0 aliphatic carbocycles. The van der Waals surface area contributed by atoms with E-state index in [1.54, 1.807) is 6.92 Å². The molecule has 3 heteroatoms. The standard InChI is InChI=1S/C13H17ClO2/c1-3-16-13(15)9-8-12(14)11-7-5-4-6-10(11)2/h4-7,12H,3,8-9H2,1-2H3/t12-/m0/s1. The second-order valence-corrected chi connectivity index (χ2v) is 4.19. The lowest BCUT2D eigenvalue weighted by Gasteiger charge is -2.11. The molecule has 0 amide bonds. The molecule has 0 bridgehead atoms. The first-order valence-corrected chi connectivity index (χ1v) is 5.94. The summed E-state index contributed by atoms with van der Waals surface area (Å²) in [5.74, 6) is -0.179. The van der Waals surface area contributed by atoms with Crippen molar-refractivity contribution in [1.82, 2.24) is 0 Å². The number of rotatable bonds is 5. The van der Waals surface area contributed by atoms with Crippen LogP contribution in [-0.4, -0.2) is 12.6 Å². The minimum absolute atomic E-state index is 0.120. The molecule has 88 valence electrons. The SMILES string of the molecule is CCOC(=O)CC[C@H](Cl)c1ccccc1C. The van der Waals surface area contributed by atoms with Gasteiger partial charge in [0.15, 0.2) is 0 Å². The second-order valence-electron chi connectivity index (χ2n) is 3.67. The van der Waals surface area contributed by atoms with Gasteiger partial charge in [0.1, 0.15) is 0 Å². The van der Waals surface area contributed by atoms with Gasteiger partial charge in [-0.25, -0.2) is 0 Å². The third-order valence-electron chi connectivity index (χ3n) is 2.43. The molecule has 1 aromatic carbocycles. The molecule has 1 atom stereocenters. The number of hydrogen-bond acceptors (Lipinski definition) is 2. The van der Waals surface area contributed by atoms with Gasteiger partial charge >= 0.3 is 5.97 Å². The van der Waals surface area contributed by atoms with Crippen LogP contribution in [0.1, 0.15) is 36.3 Å². The zero-order valence-electron chi connectivity index (χ0n) is 9.70. The molecule has 0 aliphatic heterocycles. The van der Waals surface area contributed by atoms with E-state index in [4.69, 9.17) is 16.3 Å². The highest BCUT2D eigenvalue weighted by atomic mass is 35.5. The van der Waals surface area contributed by atoms with Crippen molar-refractivity contribution in [1.29, 1.82) is 0 Å². The van der Waals surface area contributed by atoms with Gasteiger partial charge in [-0.1, -0.05) is 24.3 Å². The molecule has 0 spiro atoms. The van der Waals surface area contributed by atoms with E-state index >= 15 is 0 Å². The van der Waals surface area contributed by atoms with Gasteiger partial charge in [-0.15, -0.1) is 11.6 Å². The Kier molecular flexibility index (Phi) is 5.33. The van der Waals surface area contributed by atoms with E-state index in [0.717, 1.165) is 11.1 Å². The molecule has 16 heavy (non-hydrogen) atoms. The van der Waals surface area contributed by atoms with Crippen LogP contribution in [0.2, 0.25) is 0 Å². The monoisotopic (exact) mass is 240 g/mol. The van der Waals surface area contributed by atoms with E-state index in [2.05, 4.69) is 0 Å². The lowest BCUT2D eigenvalue weighted by molar-refractivity contribution is -0.143. The number of alkyl halides is 1. The van der Waals surface area contributed by atoms with Crippen molar-refractivity contribution < 1.29 is 9.53 Å². The van der Waals surface area contributed by atoms with Crippen molar-refractivity contribution in [3.05, 3.63) is 35.4 Å². The average molecular weight is 241 g/mol. The highest BCUT2D eigenvalue weighted by Gasteiger charge is 2.12. The zero-order valence-corrected chi connectivity index (χ0v) is 10.5. The van der Waals surface area contributed by atoms with Crippen molar-refractivity contribution in [3.8, 4) is 0 Å². The fourth-order valence-corrected chi connectivity index (χ4v) is 1.93. The number of aryl methyl sites for hydroxylation is 1. The summed E-state index contributed by atoms with van der Waals surface area (Å²) in [4.78, 5) is 11.2. The van der Waals surface area contributed by atoms with Crippen LogP contribution >= 0.6 is 11.6 Å². The van der Waals surface area contributed by atoms with Crippen LogP contribution < -0.4 is 0 Å². The Morgan fingerprint density at radius 1 is 1.44 bits per heavy atom. The van der Waals surface area contributed by atoms with Crippen LogP contribution in [0, 0.1) is 6.92 Å². The quantitative estimate of drug-likeness (QED) is 0.581. The van der Waals surface area contributed by atoms with Gasteiger partial charge < -0.3 is 4.74 Å². The first-order valence-electron chi connectivity index (χ1n) is 5.50. The van der Waals surface area contributed by atoms with Crippen LogP contribution in [0.5, 0.6) is 0 Å². The number of halogens is 1. The Hall–Kier alpha value is -1.02. The number of carbonyl (C=O) groups excluding carboxylic acids is 1. The lowest BCUT2D eigenvalue weighted by Crippen LogP contribution is -2.05. The maximum atomic E-state index is 11.2. The van der Waals surface area contributed by atoms with E-state index in [-0.39, 0.29) is 11.3 Å². The molecule has 1 rings (SSSR count). The van der Waals surface area contributed by atoms with Gasteiger partial charge in [0.05, 0.1) is 12.0 Å². The van der Waals surface area contributed by atoms with Crippen molar-refractivity contribution in [2.45, 2.75) is 32.1 Å². The van der Waals surface area contributed by atoms with E-state index in [0.29, 0.717) is 19.4 Å². The molecule has 0 aliphatic rings. The molecule has 0 saturated carbocycles. The van der Waals surface area contributed by atoms with Gasteiger partial charge in [-0.05, 0) is 31.4 Å². The minimum atomic E-state index is -0.179. The molecular formula is C13H17ClO2. The van der Waals surface area contributed by atoms with Crippen LogP contribution in [-0.2, 0) is 9.53 Å². The lowest BCUT2D eigenvalue weighted by atomic mass is 10.0. The van der Waals surface area contributed by atoms with E-state index < -0.39 is 0 Å². The van der Waals surface area contributed by atoms with Crippen LogP contribution in [0.25, 0.3) is 0 Å². The first kappa shape index (κ1) is 13.0. The van der Waals surface area contributed by atoms with E-state index in [1.807, 2.05) is 31.2 Å². The van der Waals surface area contributed by atoms with Gasteiger partial charge in [0.25, 0.3) is 0 Å². The molecule has 0 radical (unpaired) electrons. The Labute approximate surface area is 102 Å². The van der Waals surface area contributed by atoms with Crippen molar-refractivity contribution in [3.63, 3.8) is 0 Å². The topological polar surface area (TPSA) is 26.3 Å². The molecule has 0 unspecified atom stereocenters. The molecule has 1 aromatic rings. The first-order chi connectivity index (χ1) is 7.65. The summed E-state index contributed by atoms with van der Waals surface area (Å²) >= 11 is 6.25. The minimum Gasteiger partial charge on any atom is -0.466 e. The smallest absolute Gasteiger partial charge is 0.305 e. The predicted molar refractivity (Wildman–Crippen MR) is 65.6 cm³/mol. The molecule has 0 N–H and O–H groups in total. The summed E-state index contributed by atoms with van der Waals surface area (Å²) in [6, 6.07) is 7.96. The van der Waals surface area contributed by atoms with Gasteiger partial charge in [0, 0.05) is 6.42 Å². The molecule has 0 saturated heterocycles. The highest BCUT2D eigenvalue weighted by Crippen LogP contribution is 2.28. The Morgan fingerprint density at radius 2 is 2.12 bits per heavy atom. The maximum absolute atomic E-state index is 11.2. The van der Waals surface area contributed by atoms with Crippen LogP contribution in [0.15, 0.2) is 24.3 Å². The third-order valence-corrected chi connectivity index (χ3v) is 2.89. The van der Waals surface area contributed by atoms with E-state index in [9.17, 15) is 4.79 Å². The Morgan fingerprint density at radius 3 is 2.75 bits per heavy atom. The molecule has 0 aromatic heterocycles. The number of esters is 1. The average Bonchev–Trinajstić information content (AvgIpc) is 2.27. The summed E-state index contributed by atoms with van der Waals surface area (Å²) in [7, 11) is 0. The van der Waals surface area contributed by atoms with Gasteiger partial charge in [-0.3, -0.25) is 4.79 Å². The summed E-state index contributed by atoms with van der Waals surface area (Å²) in [6.45, 7) is 4.25. The van der Waals surface area contributed by atoms with Crippen LogP contribution in [0.3, 0.4) is 0 Å². The van der Waals surface area contributed by atoms with Gasteiger partial charge in [0.2, 0.25) is 0 Å². The number of hydrogen-bond donors (Lipinski definition) is 0. The molecule has 0 heterocycles. The summed E-state index contributed by atoms with van der Waals surface area (Å²) in [6.07, 6.45) is 0.988. The molecular weight excluding hydrogens is 224 g/mol. The normalized spacial score (nSPS) is 12.2. The summed E-state index contributed by atoms with van der Waals surface area (Å²) < 4.78 is 4.86. The number of ether oxygens (including phenoxy) is 1. The number of carbonyl (C=O) groups is 1. The van der Waals surface area contributed by atoms with Gasteiger partial charge in [-0.2, -0.15) is 0 Å². The summed E-state index contributed by atoms with van der Waals surface area (Å²) in [5.41, 5.74) is 2.25. The molecule has 2 nitrogen and oxygen atoms in total. The number of benzene rings is 1. The third kappa shape index (κ3) is 3.86. The van der Waals surface area contributed by atoms with Crippen molar-refractivity contribution in [2.75, 3.05) is 6.61 Å². The largest absolute Gasteiger partial charge is 0.466 e. The second kappa shape index (κ2) is 6.54. The summed E-state index contributed by atoms with van der Waals surface area (Å²) in [5, 5.41) is -0.120. The predicted octanol–water partition coefficient (Wildman–Crippen LogP) is 3.62. The fourth-order valence-electron chi connectivity index (χ4n) is 1.57. The van der Waals surface area contributed by atoms with Crippen LogP contribution in [0.4, 0.5) is 0 Å². The Balaban J connectivity index is 2.50. The van der Waals surface area contributed by atoms with E-state index in [1.165, 1.54) is 0 Å². The van der Waals surface area contributed by atoms with Crippen molar-refractivity contribution in [2.24, 2.45) is 0 Å². The van der Waals surface area contributed by atoms with Crippen molar-refractivity contribution >= 4 is 17.6 Å². The molecule has 0 fully saturated rings. The fraction of sp³-hybridized carbons (Fsp3) is 0.462. The Bertz CT molecular complexity index is 350. The maximum Gasteiger partial charge on any atom is 0.305 e.